The first-order valence-corrected chi connectivity index (χ1v) is 2.83. The molecule has 0 unspecified atom stereocenters. The number of hydrogen-bond acceptors (Lipinski definition) is 1. The zero-order valence-corrected chi connectivity index (χ0v) is 5.67. The molecular weight excluding hydrogens is 173 g/mol. The predicted octanol–water partition coefficient (Wildman–Crippen LogP) is 0.619. The van der Waals surface area contributed by atoms with E-state index in [0.29, 0.717) is 0 Å². The summed E-state index contributed by atoms with van der Waals surface area (Å²) in [6, 6.07) is 0. The Kier molecular flexibility index (Phi) is 2.00. The van der Waals surface area contributed by atoms with Gasteiger partial charge in [-0.3, -0.25) is 0 Å². The van der Waals surface area contributed by atoms with Crippen LogP contribution in [-0.2, 0) is 0 Å². The molecule has 0 aliphatic heterocycles. The van der Waals surface area contributed by atoms with Gasteiger partial charge in [-0.15, -0.1) is 0 Å². The maximum atomic E-state index is 12.4. The topological polar surface area (TPSA) is 26.0 Å². The van der Waals surface area contributed by atoms with Crippen LogP contribution in [0.5, 0.6) is 0 Å². The van der Waals surface area contributed by atoms with Crippen molar-refractivity contribution in [3.05, 3.63) is 23.3 Å². The van der Waals surface area contributed by atoms with Gasteiger partial charge in [0.25, 0.3) is 0 Å². The van der Waals surface area contributed by atoms with Gasteiger partial charge in [-0.05, 0) is 5.46 Å². The lowest BCUT2D eigenvalue weighted by molar-refractivity contribution is 0.414. The molecule has 0 bridgehead atoms. The maximum absolute atomic E-state index is 12.4. The highest BCUT2D eigenvalue weighted by Gasteiger charge is 2.20. The van der Waals surface area contributed by atoms with Crippen LogP contribution in [-0.4, -0.2) is 7.85 Å². The average Bonchev–Trinajstić information content (AvgIpc) is 2.08. The second-order valence-electron chi connectivity index (χ2n) is 2.08. The smallest absolute Gasteiger partial charge is 0.199 e. The minimum Gasteiger partial charge on any atom is -0.397 e. The zero-order valence-electron chi connectivity index (χ0n) is 5.67. The molecule has 1 rings (SSSR count). The lowest BCUT2D eigenvalue weighted by atomic mass is 9.93. The van der Waals surface area contributed by atoms with Crippen LogP contribution in [0.25, 0.3) is 0 Å². The summed E-state index contributed by atoms with van der Waals surface area (Å²) in [5, 5.41) is 0. The summed E-state index contributed by atoms with van der Waals surface area (Å²) in [5.74, 6) is -7.27. The second kappa shape index (κ2) is 2.69. The highest BCUT2D eigenvalue weighted by Crippen LogP contribution is 2.17. The van der Waals surface area contributed by atoms with Crippen molar-refractivity contribution in [3.63, 3.8) is 0 Å². The molecule has 12 heavy (non-hydrogen) atoms. The van der Waals surface area contributed by atoms with Gasteiger partial charge < -0.3 is 5.73 Å². The molecule has 1 nitrogen and oxygen atoms in total. The molecule has 2 radical (unpaired) electrons. The Morgan fingerprint density at radius 1 is 0.833 bits per heavy atom. The van der Waals surface area contributed by atoms with Gasteiger partial charge in [0.1, 0.15) is 7.85 Å². The standard InChI is InChI=1S/C6H2BF4N/c7-1-2(8)3(9)4(10)5(11)6(1)12/h12H2. The average molecular weight is 175 g/mol. The largest absolute Gasteiger partial charge is 0.397 e. The Morgan fingerprint density at radius 3 is 1.75 bits per heavy atom. The van der Waals surface area contributed by atoms with Gasteiger partial charge in [0.05, 0.1) is 5.69 Å². The fraction of sp³-hybridized carbons (Fsp3) is 0. The Morgan fingerprint density at radius 2 is 1.25 bits per heavy atom. The molecule has 0 atom stereocenters. The van der Waals surface area contributed by atoms with Crippen molar-refractivity contribution in [2.75, 3.05) is 5.73 Å². The summed E-state index contributed by atoms with van der Waals surface area (Å²) in [4.78, 5) is 0. The SMILES string of the molecule is [B]c1c(N)c(F)c(F)c(F)c1F. The first-order valence-electron chi connectivity index (χ1n) is 2.83. The highest BCUT2D eigenvalue weighted by molar-refractivity contribution is 6.35. The molecule has 0 aliphatic rings. The number of rotatable bonds is 0. The predicted molar refractivity (Wildman–Crippen MR) is 36.1 cm³/mol. The molecule has 0 spiro atoms. The van der Waals surface area contributed by atoms with Crippen LogP contribution < -0.4 is 11.2 Å². The van der Waals surface area contributed by atoms with Crippen molar-refractivity contribution in [2.24, 2.45) is 0 Å². The van der Waals surface area contributed by atoms with Gasteiger partial charge in [-0.2, -0.15) is 0 Å². The van der Waals surface area contributed by atoms with Crippen LogP contribution in [0.15, 0.2) is 0 Å². The molecule has 0 saturated heterocycles. The number of hydrogen-bond donors (Lipinski definition) is 1. The van der Waals surface area contributed by atoms with E-state index in [2.05, 4.69) is 0 Å². The molecule has 1 aromatic rings. The third-order valence-electron chi connectivity index (χ3n) is 1.34. The van der Waals surface area contributed by atoms with Gasteiger partial charge in [0.15, 0.2) is 23.3 Å². The third-order valence-corrected chi connectivity index (χ3v) is 1.34. The van der Waals surface area contributed by atoms with Crippen LogP contribution >= 0.6 is 0 Å². The van der Waals surface area contributed by atoms with Gasteiger partial charge in [0, 0.05) is 0 Å². The maximum Gasteiger partial charge on any atom is 0.199 e. The molecule has 0 heterocycles. The highest BCUT2D eigenvalue weighted by atomic mass is 19.2. The Labute approximate surface area is 66.6 Å². The Hall–Kier alpha value is -1.20. The Bertz CT molecular complexity index is 234. The van der Waals surface area contributed by atoms with E-state index < -0.39 is 34.4 Å². The Balaban J connectivity index is 3.60. The van der Waals surface area contributed by atoms with Crippen LogP contribution in [0.1, 0.15) is 0 Å². The first kappa shape index (κ1) is 8.90. The molecule has 0 fully saturated rings. The zero-order chi connectivity index (χ0) is 9.46. The summed E-state index contributed by atoms with van der Waals surface area (Å²) in [5.41, 5.74) is 2.96. The quantitative estimate of drug-likeness (QED) is 0.202. The number of nitrogen functional groups attached to an aromatic ring is 1. The lowest BCUT2D eigenvalue weighted by Crippen LogP contribution is -2.20. The number of halogens is 4. The van der Waals surface area contributed by atoms with Crippen molar-refractivity contribution in [2.45, 2.75) is 0 Å². The molecule has 0 aliphatic carbocycles. The molecule has 0 aromatic heterocycles. The monoisotopic (exact) mass is 175 g/mol. The summed E-state index contributed by atoms with van der Waals surface area (Å²) in [6.45, 7) is 0. The fourth-order valence-corrected chi connectivity index (χ4v) is 0.666. The number of nitrogens with two attached hydrogens (primary N) is 1. The number of benzene rings is 1. The van der Waals surface area contributed by atoms with Gasteiger partial charge in [-0.1, -0.05) is 0 Å². The van der Waals surface area contributed by atoms with E-state index in [9.17, 15) is 17.6 Å². The van der Waals surface area contributed by atoms with E-state index in [-0.39, 0.29) is 0 Å². The van der Waals surface area contributed by atoms with Crippen LogP contribution in [0, 0.1) is 23.3 Å². The summed E-state index contributed by atoms with van der Waals surface area (Å²) < 4.78 is 49.5. The van der Waals surface area contributed by atoms with Crippen LogP contribution in [0.4, 0.5) is 23.2 Å². The number of anilines is 1. The van der Waals surface area contributed by atoms with E-state index in [4.69, 9.17) is 13.6 Å². The minimum atomic E-state index is -1.96. The van der Waals surface area contributed by atoms with Crippen molar-refractivity contribution >= 4 is 19.0 Å². The summed E-state index contributed by atoms with van der Waals surface area (Å²) >= 11 is 0. The van der Waals surface area contributed by atoms with Gasteiger partial charge in [0.2, 0.25) is 0 Å². The lowest BCUT2D eigenvalue weighted by Gasteiger charge is -2.05. The van der Waals surface area contributed by atoms with Crippen molar-refractivity contribution in [1.29, 1.82) is 0 Å². The van der Waals surface area contributed by atoms with Crippen molar-refractivity contribution < 1.29 is 17.6 Å². The second-order valence-corrected chi connectivity index (χ2v) is 2.08. The molecule has 0 saturated carbocycles. The van der Waals surface area contributed by atoms with E-state index >= 15 is 0 Å². The van der Waals surface area contributed by atoms with Gasteiger partial charge >= 0.3 is 0 Å². The summed E-state index contributed by atoms with van der Waals surface area (Å²) in [7, 11) is 4.81. The fourth-order valence-electron chi connectivity index (χ4n) is 0.666. The van der Waals surface area contributed by atoms with E-state index in [1.807, 2.05) is 0 Å². The van der Waals surface area contributed by atoms with E-state index in [1.54, 1.807) is 0 Å². The van der Waals surface area contributed by atoms with E-state index in [0.717, 1.165) is 0 Å². The molecule has 62 valence electrons. The summed E-state index contributed by atoms with van der Waals surface area (Å²) in [6.07, 6.45) is 0. The first-order chi connectivity index (χ1) is 5.46. The molecule has 2 N–H and O–H groups in total. The minimum absolute atomic E-state index is 0.925. The molecule has 1 aromatic carbocycles. The normalized spacial score (nSPS) is 10.3. The third kappa shape index (κ3) is 1.03. The molecule has 6 heteroatoms. The van der Waals surface area contributed by atoms with Crippen molar-refractivity contribution in [1.82, 2.24) is 0 Å². The van der Waals surface area contributed by atoms with Crippen LogP contribution in [0.3, 0.4) is 0 Å². The van der Waals surface area contributed by atoms with E-state index in [1.165, 1.54) is 0 Å². The molecule has 0 amide bonds. The van der Waals surface area contributed by atoms with Crippen LogP contribution in [0.2, 0.25) is 0 Å². The van der Waals surface area contributed by atoms with Gasteiger partial charge in [-0.25, -0.2) is 17.6 Å². The molecular formula is C6H2BF4N. The van der Waals surface area contributed by atoms with Crippen molar-refractivity contribution in [3.8, 4) is 0 Å².